The lowest BCUT2D eigenvalue weighted by atomic mass is 10.0. The maximum Gasteiger partial charge on any atom is 0.329 e. The number of carbonyl (C=O) groups is 3. The summed E-state index contributed by atoms with van der Waals surface area (Å²) in [6, 6.07) is -0.995. The molecule has 1 rings (SSSR count). The zero-order valence-corrected chi connectivity index (χ0v) is 12.0. The molecule has 1 atom stereocenters. The Kier molecular flexibility index (Phi) is 4.86. The van der Waals surface area contributed by atoms with Crippen LogP contribution in [0.25, 0.3) is 0 Å². The number of aliphatic carboxylic acids is 1. The molecule has 0 saturated carbocycles. The predicted octanol–water partition coefficient (Wildman–Crippen LogP) is 1.01. The molecule has 0 radical (unpaired) electrons. The summed E-state index contributed by atoms with van der Waals surface area (Å²) < 4.78 is 9.82. The molecule has 1 aliphatic rings. The van der Waals surface area contributed by atoms with Crippen molar-refractivity contribution in [2.24, 2.45) is 16.8 Å². The second-order valence-corrected chi connectivity index (χ2v) is 5.50. The minimum absolute atomic E-state index is 0.123. The number of cyclic esters (lactones) is 2. The maximum absolute atomic E-state index is 11.7. The van der Waals surface area contributed by atoms with Crippen molar-refractivity contribution in [2.75, 3.05) is 0 Å². The molecule has 1 saturated heterocycles. The average Bonchev–Trinajstić information content (AvgIpc) is 2.23. The summed E-state index contributed by atoms with van der Waals surface area (Å²) in [6.07, 6.45) is 1.31. The van der Waals surface area contributed by atoms with Crippen LogP contribution >= 0.6 is 0 Å². The normalized spacial score (nSPS) is 20.9. The van der Waals surface area contributed by atoms with Gasteiger partial charge in [0.2, 0.25) is 0 Å². The quantitative estimate of drug-likeness (QED) is 0.459. The van der Waals surface area contributed by atoms with Crippen LogP contribution < -0.4 is 0 Å². The lowest BCUT2D eigenvalue weighted by Crippen LogP contribution is -2.47. The number of aliphatic imine (C=N–C) groups is 1. The van der Waals surface area contributed by atoms with Gasteiger partial charge in [-0.05, 0) is 12.3 Å². The van der Waals surface area contributed by atoms with Crippen LogP contribution in [0.15, 0.2) is 4.99 Å². The van der Waals surface area contributed by atoms with Crippen LogP contribution in [0.4, 0.5) is 0 Å². The highest BCUT2D eigenvalue weighted by Crippen LogP contribution is 2.22. The van der Waals surface area contributed by atoms with E-state index in [1.807, 2.05) is 13.8 Å². The number of carbonyl (C=O) groups excluding carboxylic acids is 2. The smallest absolute Gasteiger partial charge is 0.329 e. The van der Waals surface area contributed by atoms with Gasteiger partial charge in [0.15, 0.2) is 5.92 Å². The fourth-order valence-corrected chi connectivity index (χ4v) is 1.71. The van der Waals surface area contributed by atoms with E-state index in [1.54, 1.807) is 0 Å². The van der Waals surface area contributed by atoms with Gasteiger partial charge in [-0.3, -0.25) is 14.6 Å². The van der Waals surface area contributed by atoms with E-state index in [0.717, 1.165) is 6.21 Å². The van der Waals surface area contributed by atoms with Gasteiger partial charge in [-0.1, -0.05) is 13.8 Å². The molecule has 7 nitrogen and oxygen atoms in total. The Hall–Kier alpha value is -1.92. The molecular formula is C13H19NO6. The number of ether oxygens (including phenoxy) is 2. The number of nitrogens with zero attached hydrogens (tertiary/aromatic N) is 1. The second kappa shape index (κ2) is 6.02. The maximum atomic E-state index is 11.7. The summed E-state index contributed by atoms with van der Waals surface area (Å²) in [5, 5.41) is 9.02. The molecule has 0 spiro atoms. The zero-order valence-electron chi connectivity index (χ0n) is 12.0. The highest BCUT2D eigenvalue weighted by molar-refractivity contribution is 6.10. The summed E-state index contributed by atoms with van der Waals surface area (Å²) in [5.74, 6) is -5.17. The molecule has 0 aromatic heterocycles. The molecule has 1 heterocycles. The molecule has 112 valence electrons. The zero-order chi connectivity index (χ0) is 15.5. The van der Waals surface area contributed by atoms with E-state index in [4.69, 9.17) is 14.6 Å². The average molecular weight is 285 g/mol. The molecule has 1 fully saturated rings. The largest absolute Gasteiger partial charge is 0.480 e. The van der Waals surface area contributed by atoms with E-state index in [-0.39, 0.29) is 5.92 Å². The van der Waals surface area contributed by atoms with Crippen LogP contribution in [0.3, 0.4) is 0 Å². The predicted molar refractivity (Wildman–Crippen MR) is 69.1 cm³/mol. The lowest BCUT2D eigenvalue weighted by Gasteiger charge is -2.31. The number of carboxylic acids is 1. The fourth-order valence-electron chi connectivity index (χ4n) is 1.71. The summed E-state index contributed by atoms with van der Waals surface area (Å²) in [7, 11) is 0. The van der Waals surface area contributed by atoms with Crippen molar-refractivity contribution < 1.29 is 29.0 Å². The standard InChI is InChI=1S/C13H19NO6/c1-7(2)5-9(10(15)16)14-6-8-11(17)19-13(3,4)20-12(8)18/h6-9H,5H2,1-4H3,(H,15,16)/t9-/m0/s1. The van der Waals surface area contributed by atoms with Crippen molar-refractivity contribution in [3.63, 3.8) is 0 Å². The molecule has 20 heavy (non-hydrogen) atoms. The molecule has 1 aliphatic heterocycles. The third kappa shape index (κ3) is 4.32. The van der Waals surface area contributed by atoms with Crippen molar-refractivity contribution in [2.45, 2.75) is 45.9 Å². The third-order valence-corrected chi connectivity index (χ3v) is 2.60. The topological polar surface area (TPSA) is 102 Å². The number of carboxylic acid groups (broad SMARTS) is 1. The molecule has 0 unspecified atom stereocenters. The minimum Gasteiger partial charge on any atom is -0.480 e. The molecule has 1 N–H and O–H groups in total. The van der Waals surface area contributed by atoms with Crippen LogP contribution in [-0.2, 0) is 23.9 Å². The molecule has 0 amide bonds. The third-order valence-electron chi connectivity index (χ3n) is 2.60. The molecule has 0 bridgehead atoms. The van der Waals surface area contributed by atoms with Gasteiger partial charge in [0.25, 0.3) is 5.79 Å². The summed E-state index contributed by atoms with van der Waals surface area (Å²) in [5.41, 5.74) is 0. The van der Waals surface area contributed by atoms with Gasteiger partial charge < -0.3 is 14.6 Å². The van der Waals surface area contributed by atoms with Crippen LogP contribution in [0.5, 0.6) is 0 Å². The van der Waals surface area contributed by atoms with E-state index in [9.17, 15) is 14.4 Å². The van der Waals surface area contributed by atoms with Crippen LogP contribution in [0.1, 0.15) is 34.1 Å². The van der Waals surface area contributed by atoms with Gasteiger partial charge in [0.1, 0.15) is 6.04 Å². The highest BCUT2D eigenvalue weighted by Gasteiger charge is 2.42. The van der Waals surface area contributed by atoms with Gasteiger partial charge >= 0.3 is 17.9 Å². The second-order valence-electron chi connectivity index (χ2n) is 5.50. The van der Waals surface area contributed by atoms with Crippen LogP contribution in [0, 0.1) is 11.8 Å². The first kappa shape index (κ1) is 16.1. The van der Waals surface area contributed by atoms with Gasteiger partial charge in [-0.15, -0.1) is 0 Å². The number of rotatable bonds is 5. The van der Waals surface area contributed by atoms with E-state index in [1.165, 1.54) is 13.8 Å². The monoisotopic (exact) mass is 285 g/mol. The van der Waals surface area contributed by atoms with Gasteiger partial charge in [-0.2, -0.15) is 0 Å². The Labute approximate surface area is 117 Å². The van der Waals surface area contributed by atoms with Crippen molar-refractivity contribution in [1.82, 2.24) is 0 Å². The molecule has 0 aromatic carbocycles. The molecule has 0 aromatic rings. The molecular weight excluding hydrogens is 266 g/mol. The highest BCUT2D eigenvalue weighted by atomic mass is 16.7. The Morgan fingerprint density at radius 2 is 1.85 bits per heavy atom. The molecule has 7 heteroatoms. The van der Waals surface area contributed by atoms with E-state index >= 15 is 0 Å². The van der Waals surface area contributed by atoms with Crippen molar-refractivity contribution in [3.05, 3.63) is 0 Å². The number of esters is 2. The first-order valence-corrected chi connectivity index (χ1v) is 6.34. The summed E-state index contributed by atoms with van der Waals surface area (Å²) in [6.45, 7) is 6.60. The number of hydrogen-bond donors (Lipinski definition) is 1. The van der Waals surface area contributed by atoms with Crippen molar-refractivity contribution in [1.29, 1.82) is 0 Å². The first-order valence-electron chi connectivity index (χ1n) is 6.34. The Bertz CT molecular complexity index is 420. The lowest BCUT2D eigenvalue weighted by molar-refractivity contribution is -0.235. The Balaban J connectivity index is 2.80. The number of hydrogen-bond acceptors (Lipinski definition) is 6. The minimum atomic E-state index is -1.31. The summed E-state index contributed by atoms with van der Waals surface area (Å²) >= 11 is 0. The molecule has 0 aliphatic carbocycles. The SMILES string of the molecule is CC(C)C[C@H](N=CC1C(=O)OC(C)(C)OC1=O)C(=O)O. The van der Waals surface area contributed by atoms with E-state index in [0.29, 0.717) is 6.42 Å². The van der Waals surface area contributed by atoms with Crippen molar-refractivity contribution >= 4 is 24.1 Å². The van der Waals surface area contributed by atoms with E-state index in [2.05, 4.69) is 4.99 Å². The van der Waals surface area contributed by atoms with Crippen molar-refractivity contribution in [3.8, 4) is 0 Å². The Morgan fingerprint density at radius 1 is 1.35 bits per heavy atom. The first-order chi connectivity index (χ1) is 9.12. The van der Waals surface area contributed by atoms with E-state index < -0.39 is 35.7 Å². The Morgan fingerprint density at radius 3 is 2.25 bits per heavy atom. The van der Waals surface area contributed by atoms with Gasteiger partial charge in [0.05, 0.1) is 0 Å². The van der Waals surface area contributed by atoms with Gasteiger partial charge in [0, 0.05) is 20.1 Å². The van der Waals surface area contributed by atoms with Crippen LogP contribution in [-0.4, -0.2) is 41.1 Å². The fraction of sp³-hybridized carbons (Fsp3) is 0.692. The van der Waals surface area contributed by atoms with Crippen LogP contribution in [0.2, 0.25) is 0 Å². The van der Waals surface area contributed by atoms with Gasteiger partial charge in [-0.25, -0.2) is 4.79 Å². The summed E-state index contributed by atoms with van der Waals surface area (Å²) in [4.78, 5) is 38.2.